The molecule has 24 heavy (non-hydrogen) atoms. The van der Waals surface area contributed by atoms with Gasteiger partial charge in [-0.15, -0.1) is 0 Å². The summed E-state index contributed by atoms with van der Waals surface area (Å²) >= 11 is 13.2. The van der Waals surface area contributed by atoms with Gasteiger partial charge in [0.15, 0.2) is 0 Å². The number of amides is 1. The molecule has 7 heteroatoms. The first-order valence-corrected chi connectivity index (χ1v) is 9.74. The number of hydrogen-bond donors (Lipinski definition) is 1. The van der Waals surface area contributed by atoms with Crippen molar-refractivity contribution < 1.29 is 9.53 Å². The van der Waals surface area contributed by atoms with Crippen molar-refractivity contribution in [1.82, 2.24) is 5.32 Å². The van der Waals surface area contributed by atoms with Gasteiger partial charge in [0.05, 0.1) is 4.91 Å². The number of hydrogen-bond acceptors (Lipinski definition) is 4. The van der Waals surface area contributed by atoms with Gasteiger partial charge in [-0.2, -0.15) is 0 Å². The van der Waals surface area contributed by atoms with Gasteiger partial charge < -0.3 is 10.1 Å². The summed E-state index contributed by atoms with van der Waals surface area (Å²) in [5.41, 5.74) is 1.88. The first-order valence-electron chi connectivity index (χ1n) is 6.93. The van der Waals surface area contributed by atoms with Crippen LogP contribution in [0.1, 0.15) is 11.1 Å². The van der Waals surface area contributed by atoms with Gasteiger partial charge in [0.2, 0.25) is 0 Å². The van der Waals surface area contributed by atoms with Crippen LogP contribution in [0.3, 0.4) is 0 Å². The standard InChI is InChI=1S/C17H11Br2NO2S2/c18-12-3-1-2-10(6-12)9-22-14-5-4-13(19)7-11(14)8-15-16(21)20-17(23)24-15/h1-8H,9H2,(H,20,21,23)/b15-8+. The Labute approximate surface area is 166 Å². The molecule has 1 heterocycles. The van der Waals surface area contributed by atoms with Crippen LogP contribution >= 0.6 is 55.8 Å². The van der Waals surface area contributed by atoms with E-state index in [0.717, 1.165) is 20.1 Å². The van der Waals surface area contributed by atoms with Gasteiger partial charge >= 0.3 is 0 Å². The Morgan fingerprint density at radius 3 is 2.67 bits per heavy atom. The smallest absolute Gasteiger partial charge is 0.263 e. The van der Waals surface area contributed by atoms with E-state index < -0.39 is 0 Å². The van der Waals surface area contributed by atoms with Gasteiger partial charge in [-0.1, -0.05) is 68.0 Å². The van der Waals surface area contributed by atoms with Crippen LogP contribution in [0.4, 0.5) is 0 Å². The first kappa shape index (κ1) is 17.7. The van der Waals surface area contributed by atoms with E-state index in [-0.39, 0.29) is 5.91 Å². The summed E-state index contributed by atoms with van der Waals surface area (Å²) < 4.78 is 8.34. The molecule has 122 valence electrons. The van der Waals surface area contributed by atoms with Crippen molar-refractivity contribution in [3.63, 3.8) is 0 Å². The second kappa shape index (κ2) is 7.82. The van der Waals surface area contributed by atoms with Gasteiger partial charge in [-0.25, -0.2) is 0 Å². The van der Waals surface area contributed by atoms with E-state index >= 15 is 0 Å². The summed E-state index contributed by atoms with van der Waals surface area (Å²) in [5, 5.41) is 2.61. The monoisotopic (exact) mass is 483 g/mol. The summed E-state index contributed by atoms with van der Waals surface area (Å²) in [6.07, 6.45) is 1.79. The largest absolute Gasteiger partial charge is 0.488 e. The van der Waals surface area contributed by atoms with E-state index in [4.69, 9.17) is 17.0 Å². The van der Waals surface area contributed by atoms with E-state index in [9.17, 15) is 4.79 Å². The first-order chi connectivity index (χ1) is 11.5. The molecule has 3 rings (SSSR count). The van der Waals surface area contributed by atoms with Gasteiger partial charge in [-0.05, 0) is 42.0 Å². The Bertz CT molecular complexity index is 852. The molecule has 0 aliphatic carbocycles. The molecular weight excluding hydrogens is 474 g/mol. The molecule has 1 aliphatic rings. The zero-order chi connectivity index (χ0) is 17.1. The third kappa shape index (κ3) is 4.47. The molecule has 3 nitrogen and oxygen atoms in total. The Morgan fingerprint density at radius 2 is 1.96 bits per heavy atom. The van der Waals surface area contributed by atoms with Crippen molar-refractivity contribution in [2.75, 3.05) is 0 Å². The Balaban J connectivity index is 1.84. The lowest BCUT2D eigenvalue weighted by Gasteiger charge is -2.10. The average molecular weight is 485 g/mol. The van der Waals surface area contributed by atoms with Crippen LogP contribution in [0.25, 0.3) is 6.08 Å². The van der Waals surface area contributed by atoms with Gasteiger partial charge in [0.25, 0.3) is 5.91 Å². The zero-order valence-electron chi connectivity index (χ0n) is 12.2. The van der Waals surface area contributed by atoms with Crippen LogP contribution in [0.2, 0.25) is 0 Å². The SMILES string of the molecule is O=C1NC(=S)S/C1=C/c1cc(Br)ccc1OCc1cccc(Br)c1. The van der Waals surface area contributed by atoms with Crippen molar-refractivity contribution in [3.8, 4) is 5.75 Å². The molecule has 2 aromatic rings. The number of ether oxygens (including phenoxy) is 1. The molecule has 0 bridgehead atoms. The number of carbonyl (C=O) groups is 1. The van der Waals surface area contributed by atoms with Crippen molar-refractivity contribution in [2.24, 2.45) is 0 Å². The number of nitrogens with one attached hydrogen (secondary N) is 1. The Hall–Kier alpha value is -1.15. The van der Waals surface area contributed by atoms with Crippen LogP contribution in [-0.4, -0.2) is 10.2 Å². The summed E-state index contributed by atoms with van der Waals surface area (Å²) in [7, 11) is 0. The van der Waals surface area contributed by atoms with Crippen molar-refractivity contribution in [1.29, 1.82) is 0 Å². The number of rotatable bonds is 4. The van der Waals surface area contributed by atoms with Crippen molar-refractivity contribution in [2.45, 2.75) is 6.61 Å². The molecule has 0 saturated carbocycles. The van der Waals surface area contributed by atoms with Crippen molar-refractivity contribution >= 4 is 72.1 Å². The second-order valence-corrected chi connectivity index (χ2v) is 8.50. The molecule has 1 saturated heterocycles. The van der Waals surface area contributed by atoms with E-state index in [1.807, 2.05) is 42.5 Å². The lowest BCUT2D eigenvalue weighted by atomic mass is 10.2. The lowest BCUT2D eigenvalue weighted by molar-refractivity contribution is -0.115. The van der Waals surface area contributed by atoms with Gasteiger partial charge in [0.1, 0.15) is 16.7 Å². The third-order valence-corrected chi connectivity index (χ3v) is 5.33. The summed E-state index contributed by atoms with van der Waals surface area (Å²) in [6, 6.07) is 13.6. The molecule has 0 radical (unpaired) electrons. The Kier molecular flexibility index (Phi) is 5.76. The molecular formula is C17H11Br2NO2S2. The summed E-state index contributed by atoms with van der Waals surface area (Å²) in [4.78, 5) is 12.4. The summed E-state index contributed by atoms with van der Waals surface area (Å²) in [6.45, 7) is 0.439. The highest BCUT2D eigenvalue weighted by atomic mass is 79.9. The van der Waals surface area contributed by atoms with Crippen LogP contribution in [0.5, 0.6) is 5.75 Å². The van der Waals surface area contributed by atoms with E-state index in [2.05, 4.69) is 37.2 Å². The molecule has 1 N–H and O–H groups in total. The van der Waals surface area contributed by atoms with E-state index in [0.29, 0.717) is 21.6 Å². The number of carbonyl (C=O) groups excluding carboxylic acids is 1. The van der Waals surface area contributed by atoms with Crippen LogP contribution in [-0.2, 0) is 11.4 Å². The lowest BCUT2D eigenvalue weighted by Crippen LogP contribution is -2.17. The molecule has 1 amide bonds. The normalized spacial score (nSPS) is 15.7. The topological polar surface area (TPSA) is 38.3 Å². The highest BCUT2D eigenvalue weighted by Crippen LogP contribution is 2.31. The predicted molar refractivity (Wildman–Crippen MR) is 109 cm³/mol. The Morgan fingerprint density at radius 1 is 1.17 bits per heavy atom. The quantitative estimate of drug-likeness (QED) is 0.473. The third-order valence-electron chi connectivity index (χ3n) is 3.18. The molecule has 0 aromatic heterocycles. The minimum absolute atomic E-state index is 0.178. The van der Waals surface area contributed by atoms with Crippen molar-refractivity contribution in [3.05, 3.63) is 67.4 Å². The number of thiocarbonyl (C=S) groups is 1. The van der Waals surface area contributed by atoms with Crippen LogP contribution in [0, 0.1) is 0 Å². The van der Waals surface area contributed by atoms with E-state index in [1.54, 1.807) is 6.08 Å². The molecule has 1 aliphatic heterocycles. The minimum Gasteiger partial charge on any atom is -0.488 e. The van der Waals surface area contributed by atoms with Crippen LogP contribution < -0.4 is 10.1 Å². The van der Waals surface area contributed by atoms with Crippen LogP contribution in [0.15, 0.2) is 56.3 Å². The molecule has 1 fully saturated rings. The molecule has 2 aromatic carbocycles. The van der Waals surface area contributed by atoms with E-state index in [1.165, 1.54) is 11.8 Å². The number of thioether (sulfide) groups is 1. The fourth-order valence-electron chi connectivity index (χ4n) is 2.11. The van der Waals surface area contributed by atoms with Gasteiger partial charge in [0, 0.05) is 14.5 Å². The molecule has 0 spiro atoms. The fourth-order valence-corrected chi connectivity index (χ4v) is 3.97. The maximum absolute atomic E-state index is 11.9. The highest BCUT2D eigenvalue weighted by Gasteiger charge is 2.22. The zero-order valence-corrected chi connectivity index (χ0v) is 17.0. The number of benzene rings is 2. The maximum atomic E-state index is 11.9. The molecule has 0 atom stereocenters. The number of halogens is 2. The minimum atomic E-state index is -0.178. The molecule has 0 unspecified atom stereocenters. The maximum Gasteiger partial charge on any atom is 0.263 e. The van der Waals surface area contributed by atoms with Gasteiger partial charge in [-0.3, -0.25) is 4.79 Å². The predicted octanol–water partition coefficient (Wildman–Crippen LogP) is 5.28. The summed E-state index contributed by atoms with van der Waals surface area (Å²) in [5.74, 6) is 0.528. The second-order valence-electron chi connectivity index (χ2n) is 4.95. The fraction of sp³-hybridized carbons (Fsp3) is 0.0588. The average Bonchev–Trinajstić information content (AvgIpc) is 2.84. The highest BCUT2D eigenvalue weighted by molar-refractivity contribution is 9.10.